The Balaban J connectivity index is 1.57. The molecule has 0 unspecified atom stereocenters. The zero-order valence-corrected chi connectivity index (χ0v) is 16.3. The van der Waals surface area contributed by atoms with E-state index in [9.17, 15) is 4.79 Å². The van der Waals surface area contributed by atoms with Gasteiger partial charge in [-0.1, -0.05) is 30.3 Å². The van der Waals surface area contributed by atoms with E-state index >= 15 is 0 Å². The van der Waals surface area contributed by atoms with E-state index in [1.54, 1.807) is 20.2 Å². The van der Waals surface area contributed by atoms with Crippen LogP contribution < -0.4 is 4.74 Å². The quantitative estimate of drug-likeness (QED) is 0.835. The molecule has 4 rings (SSSR count). The van der Waals surface area contributed by atoms with Crippen LogP contribution in [0, 0.1) is 18.8 Å². The third-order valence-corrected chi connectivity index (χ3v) is 6.09. The van der Waals surface area contributed by atoms with Crippen molar-refractivity contribution in [3.05, 3.63) is 59.3 Å². The van der Waals surface area contributed by atoms with Crippen LogP contribution in [0.4, 0.5) is 0 Å². The molecule has 0 bridgehead atoms. The summed E-state index contributed by atoms with van der Waals surface area (Å²) >= 11 is 0. The third-order valence-electron chi connectivity index (χ3n) is 6.09. The molecule has 27 heavy (non-hydrogen) atoms. The van der Waals surface area contributed by atoms with E-state index in [1.165, 1.54) is 11.1 Å². The Morgan fingerprint density at radius 2 is 2.00 bits per heavy atom. The molecule has 0 radical (unpaired) electrons. The molecule has 1 aromatic heterocycles. The molecule has 0 N–H and O–H groups in total. The number of amides is 1. The molecule has 0 aliphatic carbocycles. The molecule has 2 fully saturated rings. The first-order chi connectivity index (χ1) is 13.1. The van der Waals surface area contributed by atoms with Crippen molar-refractivity contribution < 1.29 is 9.53 Å². The minimum absolute atomic E-state index is 0.175. The largest absolute Gasteiger partial charge is 0.481 e. The fourth-order valence-electron chi connectivity index (χ4n) is 4.88. The number of carbonyl (C=O) groups excluding carboxylic acids is 1. The van der Waals surface area contributed by atoms with Crippen LogP contribution in [-0.4, -0.2) is 47.4 Å². The van der Waals surface area contributed by atoms with Gasteiger partial charge in [0.25, 0.3) is 0 Å². The molecule has 2 aliphatic rings. The predicted molar refractivity (Wildman–Crippen MR) is 104 cm³/mol. The maximum absolute atomic E-state index is 12.3. The molecular formula is C22H27N3O2. The van der Waals surface area contributed by atoms with Crippen LogP contribution >= 0.6 is 0 Å². The summed E-state index contributed by atoms with van der Waals surface area (Å²) in [5.41, 5.74) is 3.68. The highest BCUT2D eigenvalue weighted by molar-refractivity contribution is 5.74. The lowest BCUT2D eigenvalue weighted by molar-refractivity contribution is -0.130. The van der Waals surface area contributed by atoms with Gasteiger partial charge in [-0.2, -0.15) is 0 Å². The first-order valence-corrected chi connectivity index (χ1v) is 9.61. The predicted octanol–water partition coefficient (Wildman–Crippen LogP) is 3.05. The molecule has 3 heterocycles. The SMILES string of the molecule is COc1ncccc1CN1C[C@@H]2CN(C(C)=O)[C@@H](c3ccccc3C)[C@@H]2C1. The number of aryl methyl sites for hydroxylation is 1. The van der Waals surface area contributed by atoms with Gasteiger partial charge in [0.05, 0.1) is 13.2 Å². The van der Waals surface area contributed by atoms with Crippen molar-refractivity contribution in [1.29, 1.82) is 0 Å². The highest BCUT2D eigenvalue weighted by Crippen LogP contribution is 2.46. The molecule has 2 saturated heterocycles. The summed E-state index contributed by atoms with van der Waals surface area (Å²) in [5, 5.41) is 0. The van der Waals surface area contributed by atoms with Crippen LogP contribution in [0.25, 0.3) is 0 Å². The highest BCUT2D eigenvalue weighted by atomic mass is 16.5. The lowest BCUT2D eigenvalue weighted by Crippen LogP contribution is -2.34. The second kappa shape index (κ2) is 7.31. The van der Waals surface area contributed by atoms with E-state index in [4.69, 9.17) is 4.74 Å². The van der Waals surface area contributed by atoms with E-state index < -0.39 is 0 Å². The Kier molecular flexibility index (Phi) is 4.87. The minimum Gasteiger partial charge on any atom is -0.481 e. The summed E-state index contributed by atoms with van der Waals surface area (Å²) in [6, 6.07) is 12.7. The molecule has 142 valence electrons. The van der Waals surface area contributed by atoms with Crippen molar-refractivity contribution in [3.63, 3.8) is 0 Å². The van der Waals surface area contributed by atoms with Gasteiger partial charge in [0.1, 0.15) is 0 Å². The summed E-state index contributed by atoms with van der Waals surface area (Å²) in [6.07, 6.45) is 1.76. The van der Waals surface area contributed by atoms with Crippen molar-refractivity contribution >= 4 is 5.91 Å². The summed E-state index contributed by atoms with van der Waals surface area (Å²) in [5.74, 6) is 1.87. The Morgan fingerprint density at radius 1 is 1.19 bits per heavy atom. The van der Waals surface area contributed by atoms with Crippen LogP contribution in [-0.2, 0) is 11.3 Å². The van der Waals surface area contributed by atoms with Crippen LogP contribution in [0.15, 0.2) is 42.6 Å². The van der Waals surface area contributed by atoms with E-state index in [0.717, 1.165) is 31.7 Å². The fourth-order valence-corrected chi connectivity index (χ4v) is 4.88. The van der Waals surface area contributed by atoms with Crippen molar-refractivity contribution in [3.8, 4) is 5.88 Å². The Morgan fingerprint density at radius 3 is 2.74 bits per heavy atom. The molecule has 0 spiro atoms. The molecular weight excluding hydrogens is 338 g/mol. The molecule has 5 heteroatoms. The Hall–Kier alpha value is -2.40. The van der Waals surface area contributed by atoms with Gasteiger partial charge < -0.3 is 9.64 Å². The van der Waals surface area contributed by atoms with Crippen molar-refractivity contribution in [1.82, 2.24) is 14.8 Å². The molecule has 3 atom stereocenters. The average molecular weight is 365 g/mol. The minimum atomic E-state index is 0.175. The smallest absolute Gasteiger partial charge is 0.219 e. The maximum Gasteiger partial charge on any atom is 0.219 e. The molecule has 0 saturated carbocycles. The van der Waals surface area contributed by atoms with Crippen LogP contribution in [0.1, 0.15) is 29.7 Å². The topological polar surface area (TPSA) is 45.7 Å². The van der Waals surface area contributed by atoms with Gasteiger partial charge in [0, 0.05) is 50.8 Å². The zero-order valence-electron chi connectivity index (χ0n) is 16.3. The van der Waals surface area contributed by atoms with Gasteiger partial charge >= 0.3 is 0 Å². The number of fused-ring (bicyclic) bond motifs is 1. The van der Waals surface area contributed by atoms with Gasteiger partial charge in [-0.15, -0.1) is 0 Å². The number of hydrogen-bond donors (Lipinski definition) is 0. The Labute approximate surface area is 161 Å². The average Bonchev–Trinajstić information content (AvgIpc) is 3.20. The maximum atomic E-state index is 12.3. The number of rotatable bonds is 4. The van der Waals surface area contributed by atoms with Crippen molar-refractivity contribution in [2.24, 2.45) is 11.8 Å². The molecule has 2 aliphatic heterocycles. The van der Waals surface area contributed by atoms with E-state index in [0.29, 0.717) is 17.7 Å². The summed E-state index contributed by atoms with van der Waals surface area (Å²) in [6.45, 7) is 7.53. The second-order valence-corrected chi connectivity index (χ2v) is 7.76. The van der Waals surface area contributed by atoms with E-state index in [1.807, 2.05) is 6.07 Å². The van der Waals surface area contributed by atoms with E-state index in [2.05, 4.69) is 52.0 Å². The van der Waals surface area contributed by atoms with Gasteiger partial charge in [-0.25, -0.2) is 4.98 Å². The summed E-state index contributed by atoms with van der Waals surface area (Å²) < 4.78 is 5.41. The van der Waals surface area contributed by atoms with E-state index in [-0.39, 0.29) is 11.9 Å². The van der Waals surface area contributed by atoms with Crippen molar-refractivity contribution in [2.75, 3.05) is 26.7 Å². The van der Waals surface area contributed by atoms with Crippen LogP contribution in [0.3, 0.4) is 0 Å². The number of nitrogens with zero attached hydrogens (tertiary/aromatic N) is 3. The number of methoxy groups -OCH3 is 1. The number of hydrogen-bond acceptors (Lipinski definition) is 4. The standard InChI is InChI=1S/C22H27N3O2/c1-15-7-4-5-9-19(15)21-20-14-24(12-18(20)13-25(21)16(2)26)11-17-8-6-10-23-22(17)27-3/h4-10,18,20-21H,11-14H2,1-3H3/t18-,20-,21+/m1/s1. The second-order valence-electron chi connectivity index (χ2n) is 7.76. The number of pyridine rings is 1. The molecule has 5 nitrogen and oxygen atoms in total. The van der Waals surface area contributed by atoms with Gasteiger partial charge in [0.15, 0.2) is 0 Å². The first kappa shape index (κ1) is 18.0. The number of ether oxygens (including phenoxy) is 1. The highest BCUT2D eigenvalue weighted by Gasteiger charge is 2.48. The summed E-state index contributed by atoms with van der Waals surface area (Å²) in [7, 11) is 1.67. The summed E-state index contributed by atoms with van der Waals surface area (Å²) in [4.78, 5) is 21.2. The van der Waals surface area contributed by atoms with Crippen LogP contribution in [0.5, 0.6) is 5.88 Å². The molecule has 1 aromatic carbocycles. The third kappa shape index (κ3) is 3.32. The number of likely N-dealkylation sites (tertiary alicyclic amines) is 2. The molecule has 1 amide bonds. The van der Waals surface area contributed by atoms with Crippen LogP contribution in [0.2, 0.25) is 0 Å². The first-order valence-electron chi connectivity index (χ1n) is 9.61. The van der Waals surface area contributed by atoms with Gasteiger partial charge in [0.2, 0.25) is 11.8 Å². The van der Waals surface area contributed by atoms with Gasteiger partial charge in [-0.3, -0.25) is 9.69 Å². The number of benzene rings is 1. The monoisotopic (exact) mass is 365 g/mol. The lowest BCUT2D eigenvalue weighted by Gasteiger charge is -2.30. The van der Waals surface area contributed by atoms with Crippen molar-refractivity contribution in [2.45, 2.75) is 26.4 Å². The normalized spacial score (nSPS) is 24.9. The molecule has 2 aromatic rings. The Bertz CT molecular complexity index is 838. The van der Waals surface area contributed by atoms with Gasteiger partial charge in [-0.05, 0) is 30.0 Å². The number of carbonyl (C=O) groups is 1. The lowest BCUT2D eigenvalue weighted by atomic mass is 9.87. The fraction of sp³-hybridized carbons (Fsp3) is 0.455. The number of aromatic nitrogens is 1. The zero-order chi connectivity index (χ0) is 19.0.